The van der Waals surface area contributed by atoms with Crippen LogP contribution in [0.3, 0.4) is 0 Å². The molecule has 0 unspecified atom stereocenters. The molecule has 38 heavy (non-hydrogen) atoms. The van der Waals surface area contributed by atoms with Crippen molar-refractivity contribution in [2.75, 3.05) is 0 Å². The summed E-state index contributed by atoms with van der Waals surface area (Å²) in [6.45, 7) is 0.946. The van der Waals surface area contributed by atoms with Crippen LogP contribution in [0.25, 0.3) is 22.6 Å². The Morgan fingerprint density at radius 2 is 1.45 bits per heavy atom. The van der Waals surface area contributed by atoms with Gasteiger partial charge in [0.25, 0.3) is 0 Å². The lowest BCUT2D eigenvalue weighted by Gasteiger charge is -2.13. The number of fused-ring (bicyclic) bond motifs is 1. The molecular weight excluding hydrogens is 499 g/mol. The van der Waals surface area contributed by atoms with Crippen molar-refractivity contribution in [3.63, 3.8) is 0 Å². The molecule has 0 atom stereocenters. The molecule has 0 saturated carbocycles. The molecule has 0 spiro atoms. The second-order valence-corrected chi connectivity index (χ2v) is 7.97. The van der Waals surface area contributed by atoms with Crippen molar-refractivity contribution < 1.29 is 32.5 Å². The lowest BCUT2D eigenvalue weighted by atomic mass is 10.1. The minimum atomic E-state index is -5.08. The standard InChI is InChI=1S/C26H21N3O2.C2HF3O2/c1-3-8-19(9-4-1)17-30-21-13-14-22(25-28-23-12-7-15-27-26(23)29-25)24(16-21)31-18-20-10-5-2-6-11-20;3-2(4,5)1(6)7/h1-16H,17-18H2,(H,27,28,29);(H,6,7). The number of hydrogen-bond donors (Lipinski definition) is 2. The summed E-state index contributed by atoms with van der Waals surface area (Å²) in [5.41, 5.74) is 4.63. The van der Waals surface area contributed by atoms with Crippen LogP contribution in [0.2, 0.25) is 0 Å². The lowest BCUT2D eigenvalue weighted by molar-refractivity contribution is -0.192. The van der Waals surface area contributed by atoms with Crippen molar-refractivity contribution in [1.29, 1.82) is 0 Å². The number of aliphatic carboxylic acids is 1. The Balaban J connectivity index is 0.000000426. The van der Waals surface area contributed by atoms with Crippen molar-refractivity contribution in [3.05, 3.63) is 108 Å². The summed E-state index contributed by atoms with van der Waals surface area (Å²) in [5.74, 6) is -0.600. The predicted octanol–water partition coefficient (Wildman–Crippen LogP) is 6.42. The molecule has 5 aromatic rings. The number of ether oxygens (including phenoxy) is 2. The Morgan fingerprint density at radius 1 is 0.842 bits per heavy atom. The van der Waals surface area contributed by atoms with Gasteiger partial charge in [-0.3, -0.25) is 0 Å². The average Bonchev–Trinajstić information content (AvgIpc) is 3.36. The molecule has 0 saturated heterocycles. The number of aromatic nitrogens is 3. The van der Waals surface area contributed by atoms with Gasteiger partial charge in [-0.25, -0.2) is 14.8 Å². The number of benzene rings is 3. The summed E-state index contributed by atoms with van der Waals surface area (Å²) < 4.78 is 44.0. The minimum Gasteiger partial charge on any atom is -0.489 e. The van der Waals surface area contributed by atoms with Crippen molar-refractivity contribution in [2.45, 2.75) is 19.4 Å². The average molecular weight is 521 g/mol. The van der Waals surface area contributed by atoms with Crippen LogP contribution in [0, 0.1) is 0 Å². The van der Waals surface area contributed by atoms with Crippen LogP contribution in [0.1, 0.15) is 11.1 Å². The van der Waals surface area contributed by atoms with E-state index in [4.69, 9.17) is 19.4 Å². The highest BCUT2D eigenvalue weighted by Crippen LogP contribution is 2.33. The van der Waals surface area contributed by atoms with Crippen LogP contribution in [0.4, 0.5) is 13.2 Å². The highest BCUT2D eigenvalue weighted by molar-refractivity contribution is 5.77. The summed E-state index contributed by atoms with van der Waals surface area (Å²) in [7, 11) is 0. The third-order valence-electron chi connectivity index (χ3n) is 5.19. The van der Waals surface area contributed by atoms with Crippen LogP contribution in [0.5, 0.6) is 11.5 Å². The van der Waals surface area contributed by atoms with Crippen LogP contribution >= 0.6 is 0 Å². The van der Waals surface area contributed by atoms with E-state index in [2.05, 4.69) is 15.0 Å². The Morgan fingerprint density at radius 3 is 2.03 bits per heavy atom. The zero-order valence-corrected chi connectivity index (χ0v) is 19.9. The number of halogens is 3. The fourth-order valence-electron chi connectivity index (χ4n) is 3.36. The van der Waals surface area contributed by atoms with Gasteiger partial charge in [-0.15, -0.1) is 0 Å². The number of carboxylic acid groups (broad SMARTS) is 1. The number of imidazole rings is 1. The number of rotatable bonds is 7. The van der Waals surface area contributed by atoms with E-state index in [0.29, 0.717) is 24.8 Å². The van der Waals surface area contributed by atoms with Gasteiger partial charge in [0, 0.05) is 12.3 Å². The molecule has 0 radical (unpaired) electrons. The summed E-state index contributed by atoms with van der Waals surface area (Å²) in [6.07, 6.45) is -3.34. The molecular formula is C28H22F3N3O4. The molecule has 0 aliphatic heterocycles. The first kappa shape index (κ1) is 26.2. The van der Waals surface area contributed by atoms with Gasteiger partial charge in [0.1, 0.15) is 36.1 Å². The zero-order valence-electron chi connectivity index (χ0n) is 19.9. The molecule has 10 heteroatoms. The number of aromatic amines is 1. The highest BCUT2D eigenvalue weighted by atomic mass is 19.4. The van der Waals surface area contributed by atoms with E-state index in [1.54, 1.807) is 6.20 Å². The third-order valence-corrected chi connectivity index (χ3v) is 5.19. The molecule has 3 aromatic carbocycles. The smallest absolute Gasteiger partial charge is 0.489 e. The monoisotopic (exact) mass is 521 g/mol. The fourth-order valence-corrected chi connectivity index (χ4v) is 3.36. The predicted molar refractivity (Wildman–Crippen MR) is 135 cm³/mol. The van der Waals surface area contributed by atoms with E-state index in [-0.39, 0.29) is 0 Å². The Hall–Kier alpha value is -4.86. The number of H-pyrrole nitrogens is 1. The molecule has 0 aliphatic rings. The van der Waals surface area contributed by atoms with Gasteiger partial charge in [0.2, 0.25) is 0 Å². The topological polar surface area (TPSA) is 97.3 Å². The Bertz CT molecular complexity index is 1460. The number of carbonyl (C=O) groups is 1. The van der Waals surface area contributed by atoms with Crippen molar-refractivity contribution >= 4 is 17.1 Å². The Labute approximate surface area is 215 Å². The number of nitrogens with zero attached hydrogens (tertiary/aromatic N) is 2. The van der Waals surface area contributed by atoms with Crippen molar-refractivity contribution in [2.24, 2.45) is 0 Å². The largest absolute Gasteiger partial charge is 0.490 e. The maximum Gasteiger partial charge on any atom is 0.490 e. The van der Waals surface area contributed by atoms with E-state index in [1.807, 2.05) is 91.0 Å². The summed E-state index contributed by atoms with van der Waals surface area (Å²) in [5, 5.41) is 7.12. The first-order valence-corrected chi connectivity index (χ1v) is 11.4. The van der Waals surface area contributed by atoms with E-state index >= 15 is 0 Å². The first-order chi connectivity index (χ1) is 18.3. The van der Waals surface area contributed by atoms with Gasteiger partial charge in [0.15, 0.2) is 5.65 Å². The maximum absolute atomic E-state index is 10.6. The van der Waals surface area contributed by atoms with Gasteiger partial charge in [-0.2, -0.15) is 13.2 Å². The number of alkyl halides is 3. The number of nitrogens with one attached hydrogen (secondary N) is 1. The quantitative estimate of drug-likeness (QED) is 0.257. The molecule has 0 aliphatic carbocycles. The molecule has 0 amide bonds. The van der Waals surface area contributed by atoms with Gasteiger partial charge in [-0.05, 0) is 35.4 Å². The van der Waals surface area contributed by atoms with Crippen LogP contribution < -0.4 is 9.47 Å². The van der Waals surface area contributed by atoms with E-state index in [1.165, 1.54) is 0 Å². The second-order valence-electron chi connectivity index (χ2n) is 7.97. The summed E-state index contributed by atoms with van der Waals surface area (Å²) in [4.78, 5) is 21.2. The van der Waals surface area contributed by atoms with Gasteiger partial charge < -0.3 is 19.6 Å². The molecule has 194 valence electrons. The van der Waals surface area contributed by atoms with Crippen LogP contribution in [-0.2, 0) is 18.0 Å². The summed E-state index contributed by atoms with van der Waals surface area (Å²) in [6, 6.07) is 29.8. The van der Waals surface area contributed by atoms with E-state index < -0.39 is 12.1 Å². The van der Waals surface area contributed by atoms with Crippen molar-refractivity contribution in [3.8, 4) is 22.9 Å². The molecule has 0 bridgehead atoms. The SMILES string of the molecule is O=C(O)C(F)(F)F.c1ccc(COc2ccc(-c3nc4cccnc4[nH]3)c(OCc3ccccc3)c2)cc1. The minimum absolute atomic E-state index is 0.453. The summed E-state index contributed by atoms with van der Waals surface area (Å²) >= 11 is 0. The maximum atomic E-state index is 10.6. The van der Waals surface area contributed by atoms with Crippen LogP contribution in [0.15, 0.2) is 97.2 Å². The van der Waals surface area contributed by atoms with Gasteiger partial charge in [-0.1, -0.05) is 60.7 Å². The molecule has 5 rings (SSSR count). The van der Waals surface area contributed by atoms with E-state index in [9.17, 15) is 13.2 Å². The van der Waals surface area contributed by atoms with Crippen molar-refractivity contribution in [1.82, 2.24) is 15.0 Å². The molecule has 2 aromatic heterocycles. The third kappa shape index (κ3) is 7.10. The number of carboxylic acids is 1. The number of hydrogen-bond acceptors (Lipinski definition) is 5. The van der Waals surface area contributed by atoms with Gasteiger partial charge in [0.05, 0.1) is 5.56 Å². The van der Waals surface area contributed by atoms with E-state index in [0.717, 1.165) is 33.6 Å². The normalized spacial score (nSPS) is 10.9. The second kappa shape index (κ2) is 11.9. The molecule has 7 nitrogen and oxygen atoms in total. The lowest BCUT2D eigenvalue weighted by Crippen LogP contribution is -2.21. The molecule has 2 N–H and O–H groups in total. The molecule has 0 fully saturated rings. The van der Waals surface area contributed by atoms with Crippen LogP contribution in [-0.4, -0.2) is 32.2 Å². The Kier molecular flexibility index (Phi) is 8.22. The first-order valence-electron chi connectivity index (χ1n) is 11.4. The fraction of sp³-hybridized carbons (Fsp3) is 0.107. The molecule has 2 heterocycles. The van der Waals surface area contributed by atoms with Gasteiger partial charge >= 0.3 is 12.1 Å². The zero-order chi connectivity index (χ0) is 27.0. The number of pyridine rings is 1. The highest BCUT2D eigenvalue weighted by Gasteiger charge is 2.38.